The Hall–Kier alpha value is -2.02. The number of rotatable bonds is 5. The average Bonchev–Trinajstić information content (AvgIpc) is 3.07. The van der Waals surface area contributed by atoms with Crippen LogP contribution >= 0.6 is 0 Å². The van der Waals surface area contributed by atoms with Crippen LogP contribution in [-0.2, 0) is 16.1 Å². The van der Waals surface area contributed by atoms with Crippen LogP contribution in [0.3, 0.4) is 0 Å². The maximum atomic E-state index is 13.1. The molecule has 0 N–H and O–H groups in total. The van der Waals surface area contributed by atoms with Crippen molar-refractivity contribution in [2.45, 2.75) is 63.5 Å². The second-order valence-electron chi connectivity index (χ2n) is 7.82. The first-order chi connectivity index (χ1) is 13.6. The number of imidazole rings is 1. The number of hydrogen-bond acceptors (Lipinski definition) is 3. The van der Waals surface area contributed by atoms with Crippen LogP contribution < -0.4 is 0 Å². The molecule has 1 aromatic heterocycles. The van der Waals surface area contributed by atoms with Gasteiger partial charge >= 0.3 is 0 Å². The van der Waals surface area contributed by atoms with E-state index in [4.69, 9.17) is 9.72 Å². The van der Waals surface area contributed by atoms with Crippen LogP contribution in [0.5, 0.6) is 0 Å². The number of carbonyl (C=O) groups excluding carboxylic acids is 1. The predicted octanol–water partition coefficient (Wildman–Crippen LogP) is 3.97. The molecule has 7 heteroatoms. The van der Waals surface area contributed by atoms with Crippen LogP contribution in [-0.4, -0.2) is 52.6 Å². The van der Waals surface area contributed by atoms with Gasteiger partial charge in [-0.05, 0) is 25.0 Å². The Kier molecular flexibility index (Phi) is 5.90. The fourth-order valence-corrected chi connectivity index (χ4v) is 4.54. The summed E-state index contributed by atoms with van der Waals surface area (Å²) in [5, 5.41) is 0. The highest BCUT2D eigenvalue weighted by molar-refractivity contribution is 5.81. The molecule has 2 fully saturated rings. The number of amides is 1. The minimum Gasteiger partial charge on any atom is -0.377 e. The van der Waals surface area contributed by atoms with Gasteiger partial charge in [0.05, 0.1) is 30.3 Å². The Morgan fingerprint density at radius 2 is 2.00 bits per heavy atom. The van der Waals surface area contributed by atoms with Crippen LogP contribution in [0.1, 0.15) is 50.3 Å². The molecule has 0 spiro atoms. The highest BCUT2D eigenvalue weighted by atomic mass is 19.3. The maximum absolute atomic E-state index is 13.1. The normalized spacial score (nSPS) is 21.5. The van der Waals surface area contributed by atoms with Crippen LogP contribution in [0.4, 0.5) is 8.78 Å². The number of halogens is 2. The summed E-state index contributed by atoms with van der Waals surface area (Å²) in [6.45, 7) is 1.08. The number of morpholine rings is 1. The molecule has 0 bridgehead atoms. The molecule has 4 rings (SSSR count). The molecule has 1 atom stereocenters. The summed E-state index contributed by atoms with van der Waals surface area (Å²) in [6, 6.07) is 7.29. The first-order valence-electron chi connectivity index (χ1n) is 10.2. The van der Waals surface area contributed by atoms with Crippen molar-refractivity contribution >= 4 is 16.9 Å². The van der Waals surface area contributed by atoms with Gasteiger partial charge in [0.25, 0.3) is 0 Å². The summed E-state index contributed by atoms with van der Waals surface area (Å²) in [4.78, 5) is 19.5. The van der Waals surface area contributed by atoms with Crippen molar-refractivity contribution in [1.29, 1.82) is 0 Å². The van der Waals surface area contributed by atoms with Gasteiger partial charge in [-0.2, -0.15) is 0 Å². The van der Waals surface area contributed by atoms with Crippen molar-refractivity contribution in [2.24, 2.45) is 0 Å². The molecule has 1 aromatic carbocycles. The molecule has 2 aromatic rings. The number of ether oxygens (including phenoxy) is 1. The number of nitrogens with zero attached hydrogens (tertiary/aromatic N) is 3. The van der Waals surface area contributed by atoms with E-state index in [0.29, 0.717) is 19.1 Å². The standard InChI is InChI=1S/C21H27F2N3O2/c22-19(23)12-16-14-28-11-10-25(16)20(27)13-26-18-9-5-4-8-17(18)24-21(26)15-6-2-1-3-7-15/h4-5,8-9,15-16,19H,1-3,6-7,10-14H2. The number of fused-ring (bicyclic) bond motifs is 1. The van der Waals surface area contributed by atoms with Gasteiger partial charge in [-0.25, -0.2) is 13.8 Å². The molecular weight excluding hydrogens is 364 g/mol. The topological polar surface area (TPSA) is 47.4 Å². The van der Waals surface area contributed by atoms with Gasteiger partial charge in [-0.3, -0.25) is 4.79 Å². The number of carbonyl (C=O) groups is 1. The largest absolute Gasteiger partial charge is 0.377 e. The van der Waals surface area contributed by atoms with Crippen LogP contribution in [0.2, 0.25) is 0 Å². The van der Waals surface area contributed by atoms with Crippen molar-refractivity contribution in [3.05, 3.63) is 30.1 Å². The highest BCUT2D eigenvalue weighted by Crippen LogP contribution is 2.34. The van der Waals surface area contributed by atoms with E-state index in [0.717, 1.165) is 29.7 Å². The molecular formula is C21H27F2N3O2. The number of alkyl halides is 2. The van der Waals surface area contributed by atoms with Crippen molar-refractivity contribution in [2.75, 3.05) is 19.8 Å². The zero-order valence-corrected chi connectivity index (χ0v) is 16.0. The lowest BCUT2D eigenvalue weighted by atomic mass is 9.88. The molecule has 1 unspecified atom stereocenters. The number of hydrogen-bond donors (Lipinski definition) is 0. The molecule has 2 heterocycles. The number of para-hydroxylation sites is 2. The lowest BCUT2D eigenvalue weighted by molar-refractivity contribution is -0.142. The minimum absolute atomic E-state index is 0.130. The summed E-state index contributed by atoms with van der Waals surface area (Å²) in [5.41, 5.74) is 1.83. The summed E-state index contributed by atoms with van der Waals surface area (Å²) < 4.78 is 33.2. The fourth-order valence-electron chi connectivity index (χ4n) is 4.54. The minimum atomic E-state index is -2.45. The molecule has 1 aliphatic heterocycles. The van der Waals surface area contributed by atoms with E-state index in [-0.39, 0.29) is 25.5 Å². The SMILES string of the molecule is O=C(Cn1c(C2CCCCC2)nc2ccccc21)N1CCOCC1CC(F)F. The second-order valence-corrected chi connectivity index (χ2v) is 7.82. The van der Waals surface area contributed by atoms with Crippen LogP contribution in [0, 0.1) is 0 Å². The van der Waals surface area contributed by atoms with E-state index in [1.807, 2.05) is 28.8 Å². The Labute approximate surface area is 163 Å². The molecule has 152 valence electrons. The summed E-state index contributed by atoms with van der Waals surface area (Å²) in [5.74, 6) is 1.19. The molecule has 5 nitrogen and oxygen atoms in total. The summed E-state index contributed by atoms with van der Waals surface area (Å²) in [6.07, 6.45) is 2.99. The third-order valence-electron chi connectivity index (χ3n) is 5.95. The lowest BCUT2D eigenvalue weighted by Gasteiger charge is -2.36. The quantitative estimate of drug-likeness (QED) is 0.775. The Morgan fingerprint density at radius 1 is 1.21 bits per heavy atom. The molecule has 2 aliphatic rings. The van der Waals surface area contributed by atoms with Crippen molar-refractivity contribution < 1.29 is 18.3 Å². The molecule has 0 radical (unpaired) electrons. The first-order valence-corrected chi connectivity index (χ1v) is 10.2. The van der Waals surface area contributed by atoms with E-state index < -0.39 is 12.5 Å². The van der Waals surface area contributed by atoms with Crippen molar-refractivity contribution in [3.63, 3.8) is 0 Å². The van der Waals surface area contributed by atoms with Gasteiger partial charge in [0, 0.05) is 18.9 Å². The van der Waals surface area contributed by atoms with Crippen molar-refractivity contribution in [3.8, 4) is 0 Å². The highest BCUT2D eigenvalue weighted by Gasteiger charge is 2.31. The predicted molar refractivity (Wildman–Crippen MR) is 103 cm³/mol. The molecule has 1 amide bonds. The third kappa shape index (κ3) is 4.04. The van der Waals surface area contributed by atoms with Crippen molar-refractivity contribution in [1.82, 2.24) is 14.5 Å². The second kappa shape index (κ2) is 8.55. The Morgan fingerprint density at radius 3 is 2.79 bits per heavy atom. The van der Waals surface area contributed by atoms with E-state index in [1.54, 1.807) is 4.90 Å². The number of aromatic nitrogens is 2. The maximum Gasteiger partial charge on any atom is 0.242 e. The Balaban J connectivity index is 1.61. The van der Waals surface area contributed by atoms with Gasteiger partial charge in [0.2, 0.25) is 12.3 Å². The van der Waals surface area contributed by atoms with Gasteiger partial charge in [0.1, 0.15) is 12.4 Å². The zero-order valence-electron chi connectivity index (χ0n) is 16.0. The van der Waals surface area contributed by atoms with Gasteiger partial charge in [-0.15, -0.1) is 0 Å². The molecule has 1 aliphatic carbocycles. The van der Waals surface area contributed by atoms with Gasteiger partial charge < -0.3 is 14.2 Å². The zero-order chi connectivity index (χ0) is 19.5. The van der Waals surface area contributed by atoms with Gasteiger partial charge in [0.15, 0.2) is 0 Å². The fraction of sp³-hybridized carbons (Fsp3) is 0.619. The van der Waals surface area contributed by atoms with Crippen LogP contribution in [0.25, 0.3) is 11.0 Å². The summed E-state index contributed by atoms with van der Waals surface area (Å²) in [7, 11) is 0. The molecule has 28 heavy (non-hydrogen) atoms. The van der Waals surface area contributed by atoms with Gasteiger partial charge in [-0.1, -0.05) is 31.4 Å². The Bertz CT molecular complexity index is 817. The molecule has 1 saturated heterocycles. The smallest absolute Gasteiger partial charge is 0.242 e. The average molecular weight is 391 g/mol. The molecule has 1 saturated carbocycles. The van der Waals surface area contributed by atoms with E-state index in [2.05, 4.69) is 0 Å². The van der Waals surface area contributed by atoms with E-state index >= 15 is 0 Å². The third-order valence-corrected chi connectivity index (χ3v) is 5.95. The van der Waals surface area contributed by atoms with Crippen LogP contribution in [0.15, 0.2) is 24.3 Å². The monoisotopic (exact) mass is 391 g/mol. The van der Waals surface area contributed by atoms with E-state index in [9.17, 15) is 13.6 Å². The van der Waals surface area contributed by atoms with E-state index in [1.165, 1.54) is 19.3 Å². The lowest BCUT2D eigenvalue weighted by Crippen LogP contribution is -2.50. The number of benzene rings is 1. The first kappa shape index (κ1) is 19.3. The summed E-state index contributed by atoms with van der Waals surface area (Å²) >= 11 is 0.